The lowest BCUT2D eigenvalue weighted by molar-refractivity contribution is 0.433. The van der Waals surface area contributed by atoms with Gasteiger partial charge in [0.1, 0.15) is 0 Å². The molecule has 84 valence electrons. The van der Waals surface area contributed by atoms with Gasteiger partial charge in [-0.1, -0.05) is 37.3 Å². The predicted molar refractivity (Wildman–Crippen MR) is 63.1 cm³/mol. The molecule has 0 aliphatic heterocycles. The van der Waals surface area contributed by atoms with E-state index in [2.05, 4.69) is 22.3 Å². The van der Waals surface area contributed by atoms with Crippen LogP contribution in [0.2, 0.25) is 0 Å². The van der Waals surface area contributed by atoms with E-state index in [1.54, 1.807) is 4.80 Å². The lowest BCUT2D eigenvalue weighted by Crippen LogP contribution is -2.11. The summed E-state index contributed by atoms with van der Waals surface area (Å²) in [6.07, 6.45) is 0. The van der Waals surface area contributed by atoms with Gasteiger partial charge in [0.2, 0.25) is 5.82 Å². The SMILES string of the molecule is CC(CCl)Cn1nnc(-c2ccccc2)n1. The summed E-state index contributed by atoms with van der Waals surface area (Å²) in [6.45, 7) is 2.75. The van der Waals surface area contributed by atoms with Crippen molar-refractivity contribution in [3.8, 4) is 11.4 Å². The number of benzene rings is 1. The maximum absolute atomic E-state index is 5.74. The van der Waals surface area contributed by atoms with Gasteiger partial charge in [-0.25, -0.2) is 0 Å². The van der Waals surface area contributed by atoms with E-state index in [0.29, 0.717) is 24.2 Å². The fraction of sp³-hybridized carbons (Fsp3) is 0.364. The van der Waals surface area contributed by atoms with Crippen molar-refractivity contribution in [2.45, 2.75) is 13.5 Å². The molecule has 1 atom stereocenters. The molecule has 2 rings (SSSR count). The minimum Gasteiger partial charge on any atom is -0.164 e. The molecule has 0 aliphatic rings. The zero-order valence-electron chi connectivity index (χ0n) is 9.05. The number of hydrogen-bond acceptors (Lipinski definition) is 3. The van der Waals surface area contributed by atoms with Crippen LogP contribution in [0.1, 0.15) is 6.92 Å². The molecule has 4 nitrogen and oxygen atoms in total. The Morgan fingerprint density at radius 1 is 1.31 bits per heavy atom. The van der Waals surface area contributed by atoms with E-state index in [1.165, 1.54) is 0 Å². The van der Waals surface area contributed by atoms with Crippen molar-refractivity contribution in [3.63, 3.8) is 0 Å². The third kappa shape index (κ3) is 2.58. The van der Waals surface area contributed by atoms with Gasteiger partial charge in [-0.05, 0) is 11.1 Å². The van der Waals surface area contributed by atoms with Gasteiger partial charge in [0.25, 0.3) is 0 Å². The van der Waals surface area contributed by atoms with Gasteiger partial charge in [0, 0.05) is 11.4 Å². The topological polar surface area (TPSA) is 43.6 Å². The van der Waals surface area contributed by atoms with E-state index in [0.717, 1.165) is 5.56 Å². The van der Waals surface area contributed by atoms with Gasteiger partial charge in [-0.2, -0.15) is 4.80 Å². The zero-order valence-corrected chi connectivity index (χ0v) is 9.80. The summed E-state index contributed by atoms with van der Waals surface area (Å²) in [5.74, 6) is 1.60. The second kappa shape index (κ2) is 5.07. The molecule has 0 amide bonds. The molecule has 1 aromatic heterocycles. The van der Waals surface area contributed by atoms with E-state index in [-0.39, 0.29) is 0 Å². The quantitative estimate of drug-likeness (QED) is 0.765. The van der Waals surface area contributed by atoms with Crippen molar-refractivity contribution >= 4 is 11.6 Å². The molecule has 0 radical (unpaired) electrons. The van der Waals surface area contributed by atoms with Crippen molar-refractivity contribution in [1.82, 2.24) is 20.2 Å². The average Bonchev–Trinajstić information content (AvgIpc) is 2.78. The number of hydrogen-bond donors (Lipinski definition) is 0. The van der Waals surface area contributed by atoms with Crippen LogP contribution in [0.25, 0.3) is 11.4 Å². The number of nitrogens with zero attached hydrogens (tertiary/aromatic N) is 4. The Balaban J connectivity index is 2.14. The minimum atomic E-state index is 0.347. The van der Waals surface area contributed by atoms with Crippen LogP contribution in [0.3, 0.4) is 0 Å². The summed E-state index contributed by atoms with van der Waals surface area (Å²) in [7, 11) is 0. The van der Waals surface area contributed by atoms with Gasteiger partial charge in [-0.3, -0.25) is 0 Å². The summed E-state index contributed by atoms with van der Waals surface area (Å²) < 4.78 is 0. The molecule has 0 bridgehead atoms. The standard InChI is InChI=1S/C11H13ClN4/c1-9(7-12)8-16-14-11(13-15-16)10-5-3-2-4-6-10/h2-6,9H,7-8H2,1H3. The third-order valence-electron chi connectivity index (χ3n) is 2.22. The predicted octanol–water partition coefficient (Wildman–Crippen LogP) is 2.21. The Bertz CT molecular complexity index is 440. The molecule has 1 aromatic carbocycles. The number of alkyl halides is 1. The third-order valence-corrected chi connectivity index (χ3v) is 2.75. The molecule has 1 unspecified atom stereocenters. The molecule has 0 N–H and O–H groups in total. The Hall–Kier alpha value is -1.42. The molecule has 5 heteroatoms. The molecule has 1 heterocycles. The first-order chi connectivity index (χ1) is 7.79. The molecular weight excluding hydrogens is 224 g/mol. The van der Waals surface area contributed by atoms with E-state index < -0.39 is 0 Å². The molecule has 0 spiro atoms. The lowest BCUT2D eigenvalue weighted by Gasteiger charge is -2.03. The largest absolute Gasteiger partial charge is 0.204 e. The normalized spacial score (nSPS) is 12.6. The number of rotatable bonds is 4. The van der Waals surface area contributed by atoms with E-state index in [4.69, 9.17) is 11.6 Å². The summed E-state index contributed by atoms with van der Waals surface area (Å²) in [5, 5.41) is 12.3. The van der Waals surface area contributed by atoms with Crippen molar-refractivity contribution in [1.29, 1.82) is 0 Å². The highest BCUT2D eigenvalue weighted by molar-refractivity contribution is 6.18. The summed E-state index contributed by atoms with van der Waals surface area (Å²) in [5.41, 5.74) is 0.979. The summed E-state index contributed by atoms with van der Waals surface area (Å²) >= 11 is 5.74. The molecular formula is C11H13ClN4. The van der Waals surface area contributed by atoms with Gasteiger partial charge in [0.15, 0.2) is 0 Å². The Morgan fingerprint density at radius 2 is 2.06 bits per heavy atom. The average molecular weight is 237 g/mol. The van der Waals surface area contributed by atoms with E-state index >= 15 is 0 Å². The number of tetrazole rings is 1. The van der Waals surface area contributed by atoms with Gasteiger partial charge >= 0.3 is 0 Å². The van der Waals surface area contributed by atoms with E-state index in [1.807, 2.05) is 30.3 Å². The van der Waals surface area contributed by atoms with Crippen LogP contribution >= 0.6 is 11.6 Å². The van der Waals surface area contributed by atoms with Gasteiger partial charge < -0.3 is 0 Å². The minimum absolute atomic E-state index is 0.347. The maximum Gasteiger partial charge on any atom is 0.204 e. The highest BCUT2D eigenvalue weighted by atomic mass is 35.5. The summed E-state index contributed by atoms with van der Waals surface area (Å²) in [6, 6.07) is 9.80. The second-order valence-electron chi connectivity index (χ2n) is 3.79. The Labute approximate surface area is 99.2 Å². The zero-order chi connectivity index (χ0) is 11.4. The number of aromatic nitrogens is 4. The first-order valence-electron chi connectivity index (χ1n) is 5.19. The van der Waals surface area contributed by atoms with Crippen molar-refractivity contribution in [2.24, 2.45) is 5.92 Å². The first kappa shape index (κ1) is 11.1. The fourth-order valence-electron chi connectivity index (χ4n) is 1.35. The van der Waals surface area contributed by atoms with Crippen LogP contribution in [0.5, 0.6) is 0 Å². The smallest absolute Gasteiger partial charge is 0.164 e. The lowest BCUT2D eigenvalue weighted by atomic mass is 10.2. The van der Waals surface area contributed by atoms with E-state index in [9.17, 15) is 0 Å². The van der Waals surface area contributed by atoms with Crippen LogP contribution in [-0.2, 0) is 6.54 Å². The van der Waals surface area contributed by atoms with Crippen LogP contribution in [-0.4, -0.2) is 26.1 Å². The van der Waals surface area contributed by atoms with Crippen LogP contribution in [0, 0.1) is 5.92 Å². The van der Waals surface area contributed by atoms with Crippen molar-refractivity contribution < 1.29 is 0 Å². The monoisotopic (exact) mass is 236 g/mol. The van der Waals surface area contributed by atoms with Crippen molar-refractivity contribution in [2.75, 3.05) is 5.88 Å². The molecule has 0 fully saturated rings. The highest BCUT2D eigenvalue weighted by Crippen LogP contribution is 2.12. The molecule has 0 saturated carbocycles. The molecule has 16 heavy (non-hydrogen) atoms. The number of halogens is 1. The second-order valence-corrected chi connectivity index (χ2v) is 4.10. The first-order valence-corrected chi connectivity index (χ1v) is 5.72. The van der Waals surface area contributed by atoms with Gasteiger partial charge in [0.05, 0.1) is 6.54 Å². The highest BCUT2D eigenvalue weighted by Gasteiger charge is 2.07. The van der Waals surface area contributed by atoms with Crippen LogP contribution in [0.15, 0.2) is 30.3 Å². The Morgan fingerprint density at radius 3 is 2.75 bits per heavy atom. The van der Waals surface area contributed by atoms with Crippen LogP contribution < -0.4 is 0 Å². The molecule has 0 aliphatic carbocycles. The molecule has 0 saturated heterocycles. The fourth-order valence-corrected chi connectivity index (χ4v) is 1.45. The van der Waals surface area contributed by atoms with Crippen LogP contribution in [0.4, 0.5) is 0 Å². The molecule has 2 aromatic rings. The summed E-state index contributed by atoms with van der Waals surface area (Å²) in [4.78, 5) is 1.59. The van der Waals surface area contributed by atoms with Gasteiger partial charge in [-0.15, -0.1) is 21.8 Å². The Kier molecular flexibility index (Phi) is 3.51. The van der Waals surface area contributed by atoms with Crippen molar-refractivity contribution in [3.05, 3.63) is 30.3 Å². The maximum atomic E-state index is 5.74.